The number of aliphatic hydroxyl groups excluding tert-OH is 1. The Balaban J connectivity index is 0.000000757. The number of rotatable bonds is 4. The first-order chi connectivity index (χ1) is 14.2. The number of hydrogen-bond donors (Lipinski definition) is 2. The maximum Gasteiger partial charge on any atom is 0.134 e. The van der Waals surface area contributed by atoms with Gasteiger partial charge in [0.05, 0.1) is 5.69 Å². The van der Waals surface area contributed by atoms with E-state index in [1.54, 1.807) is 13.1 Å². The van der Waals surface area contributed by atoms with Crippen molar-refractivity contribution in [3.8, 4) is 11.3 Å². The molecular weight excluding hydrogens is 546 g/mol. The molecule has 0 spiro atoms. The van der Waals surface area contributed by atoms with Crippen LogP contribution >= 0.6 is 0 Å². The largest absolute Gasteiger partial charge is 0.662 e. The molecule has 0 amide bonds. The predicted octanol–water partition coefficient (Wildman–Crippen LogP) is 4.84. The summed E-state index contributed by atoms with van der Waals surface area (Å²) in [5, 5.41) is 15.6. The van der Waals surface area contributed by atoms with Crippen molar-refractivity contribution >= 4 is 11.5 Å². The molecule has 0 radical (unpaired) electrons. The van der Waals surface area contributed by atoms with Crippen molar-refractivity contribution in [2.75, 3.05) is 25.0 Å². The van der Waals surface area contributed by atoms with Crippen molar-refractivity contribution in [2.24, 2.45) is 0 Å². The molecule has 1 aromatic carbocycles. The number of aromatic nitrogens is 3. The Morgan fingerprint density at radius 1 is 1.17 bits per heavy atom. The van der Waals surface area contributed by atoms with E-state index in [4.69, 9.17) is 15.1 Å². The van der Waals surface area contributed by atoms with Gasteiger partial charge >= 0.3 is 0 Å². The molecule has 2 aromatic heterocycles. The molecule has 0 bridgehead atoms. The molecule has 1 saturated heterocycles. The molecule has 1 unspecified atom stereocenters. The Labute approximate surface area is 192 Å². The molecule has 3 heterocycles. The average molecular weight is 574 g/mol. The van der Waals surface area contributed by atoms with E-state index < -0.39 is 0 Å². The van der Waals surface area contributed by atoms with Gasteiger partial charge in [-0.1, -0.05) is 18.6 Å². The second kappa shape index (κ2) is 12.5. The summed E-state index contributed by atoms with van der Waals surface area (Å²) in [6.07, 6.45) is 5.81. The van der Waals surface area contributed by atoms with Gasteiger partial charge in [-0.25, -0.2) is 9.97 Å². The van der Waals surface area contributed by atoms with Crippen molar-refractivity contribution in [3.63, 3.8) is 0 Å². The van der Waals surface area contributed by atoms with Gasteiger partial charge in [0.15, 0.2) is 0 Å². The van der Waals surface area contributed by atoms with E-state index in [2.05, 4.69) is 40.7 Å². The van der Waals surface area contributed by atoms with Crippen LogP contribution in [-0.2, 0) is 21.1 Å². The van der Waals surface area contributed by atoms with E-state index in [9.17, 15) is 0 Å². The minimum Gasteiger partial charge on any atom is -0.662 e. The molecule has 158 valence electrons. The number of aryl methyl sites for hydroxylation is 1. The van der Waals surface area contributed by atoms with Crippen molar-refractivity contribution in [3.05, 3.63) is 71.6 Å². The third-order valence-electron chi connectivity index (χ3n) is 4.57. The van der Waals surface area contributed by atoms with Crippen LogP contribution in [0.2, 0.25) is 0 Å². The molecule has 1 aliphatic rings. The van der Waals surface area contributed by atoms with Gasteiger partial charge in [-0.3, -0.25) is 4.98 Å². The predicted molar refractivity (Wildman–Crippen MR) is 118 cm³/mol. The fraction of sp³-hybridized carbons (Fsp3) is 0.348. The van der Waals surface area contributed by atoms with E-state index in [1.165, 1.54) is 5.56 Å². The number of pyridine rings is 1. The number of aliphatic hydroxyl groups is 1. The molecule has 4 rings (SSSR count). The summed E-state index contributed by atoms with van der Waals surface area (Å²) in [6.45, 7) is 5.77. The Hall–Kier alpha value is -2.14. The molecule has 1 aliphatic heterocycles. The monoisotopic (exact) mass is 574 g/mol. The summed E-state index contributed by atoms with van der Waals surface area (Å²) in [4.78, 5) is 13.9. The van der Waals surface area contributed by atoms with E-state index >= 15 is 0 Å². The van der Waals surface area contributed by atoms with Crippen LogP contribution in [0.1, 0.15) is 37.1 Å². The van der Waals surface area contributed by atoms with Crippen LogP contribution in [0.3, 0.4) is 0 Å². The van der Waals surface area contributed by atoms with Crippen LogP contribution in [0.4, 0.5) is 11.5 Å². The maximum atomic E-state index is 7.57. The molecule has 0 saturated carbocycles. The molecular formula is C23H28N5OW-. The van der Waals surface area contributed by atoms with Gasteiger partial charge in [0.25, 0.3) is 0 Å². The van der Waals surface area contributed by atoms with Crippen LogP contribution < -0.4 is 5.32 Å². The van der Waals surface area contributed by atoms with Crippen LogP contribution in [0.5, 0.6) is 0 Å². The van der Waals surface area contributed by atoms with Crippen molar-refractivity contribution < 1.29 is 26.2 Å². The van der Waals surface area contributed by atoms with E-state index in [1.807, 2.05) is 30.5 Å². The smallest absolute Gasteiger partial charge is 0.134 e. The number of nitrogens with zero attached hydrogens (tertiary/aromatic N) is 4. The summed E-state index contributed by atoms with van der Waals surface area (Å²) in [5.41, 5.74) is 4.13. The zero-order valence-corrected chi connectivity index (χ0v) is 20.4. The number of anilines is 2. The molecule has 6 nitrogen and oxygen atoms in total. The quantitative estimate of drug-likeness (QED) is 0.466. The Kier molecular flexibility index (Phi) is 10.1. The number of nitrogens with one attached hydrogen (secondary N) is 1. The summed E-state index contributed by atoms with van der Waals surface area (Å²) < 4.78 is 0. The first kappa shape index (κ1) is 24.1. The minimum atomic E-state index is 0. The van der Waals surface area contributed by atoms with Gasteiger partial charge in [0, 0.05) is 63.3 Å². The van der Waals surface area contributed by atoms with Crippen LogP contribution in [-0.4, -0.2) is 39.8 Å². The third-order valence-corrected chi connectivity index (χ3v) is 4.57. The Morgan fingerprint density at radius 2 is 2.00 bits per heavy atom. The molecule has 7 heteroatoms. The number of piperidine rings is 1. The Morgan fingerprint density at radius 3 is 2.67 bits per heavy atom. The van der Waals surface area contributed by atoms with Crippen LogP contribution in [0, 0.1) is 6.92 Å². The normalized spacial score (nSPS) is 15.4. The zero-order chi connectivity index (χ0) is 20.5. The molecule has 3 aromatic rings. The van der Waals surface area contributed by atoms with E-state index in [-0.39, 0.29) is 27.7 Å². The number of hydrogen-bond acceptors (Lipinski definition) is 5. The Bertz CT molecular complexity index is 901. The first-order valence-electron chi connectivity index (χ1n) is 10.1. The third kappa shape index (κ3) is 6.98. The van der Waals surface area contributed by atoms with Gasteiger partial charge in [-0.15, -0.1) is 13.1 Å². The zero-order valence-electron chi connectivity index (χ0n) is 17.5. The molecule has 2 N–H and O–H groups in total. The minimum absolute atomic E-state index is 0. The molecule has 1 fully saturated rings. The van der Waals surface area contributed by atoms with Crippen molar-refractivity contribution in [2.45, 2.75) is 32.6 Å². The summed E-state index contributed by atoms with van der Waals surface area (Å²) in [5.74, 6) is 1.97. The second-order valence-electron chi connectivity index (χ2n) is 7.02. The molecule has 30 heavy (non-hydrogen) atoms. The summed E-state index contributed by atoms with van der Waals surface area (Å²) in [7, 11) is 0. The fourth-order valence-corrected chi connectivity index (χ4v) is 3.24. The van der Waals surface area contributed by atoms with Gasteiger partial charge in [0.1, 0.15) is 11.6 Å². The van der Waals surface area contributed by atoms with Crippen molar-refractivity contribution in [1.82, 2.24) is 15.0 Å². The van der Waals surface area contributed by atoms with Crippen LogP contribution in [0.15, 0.2) is 54.9 Å². The van der Waals surface area contributed by atoms with Gasteiger partial charge < -0.3 is 15.7 Å². The average Bonchev–Trinajstić information content (AvgIpc) is 2.75. The summed E-state index contributed by atoms with van der Waals surface area (Å²) in [6, 6.07) is 14.2. The fourth-order valence-electron chi connectivity index (χ4n) is 3.24. The standard InChI is InChI=1S/C21H22N5.C2H6O.W/c1-15-5-2-8-18(11-15)24-20-12-19(16-6-3-9-22-13-16)25-21(26-20)17-7-4-10-23-14-17;1-2-3;/h2-3,5-6,8-9,11-13,17H,4,7,10,14H2,1H3,(H,24,25,26);3H,2H2,1H3;/q-1;;. The second-order valence-corrected chi connectivity index (χ2v) is 7.02. The van der Waals surface area contributed by atoms with Gasteiger partial charge in [-0.05, 0) is 50.1 Å². The topological polar surface area (TPSA) is 85.0 Å². The van der Waals surface area contributed by atoms with E-state index in [0.29, 0.717) is 5.92 Å². The molecule has 1 atom stereocenters. The molecule has 0 aliphatic carbocycles. The number of benzene rings is 1. The van der Waals surface area contributed by atoms with Crippen molar-refractivity contribution in [1.29, 1.82) is 0 Å². The summed E-state index contributed by atoms with van der Waals surface area (Å²) >= 11 is 0. The van der Waals surface area contributed by atoms with Crippen LogP contribution in [0.25, 0.3) is 16.6 Å². The SMILES string of the molecule is CCO.Cc1cccc(Nc2cc(-c3cccnc3)nc(C3CCC[N-]C3)n2)c1.[W]. The maximum absolute atomic E-state index is 7.57. The van der Waals surface area contributed by atoms with Gasteiger partial charge in [0.2, 0.25) is 0 Å². The first-order valence-corrected chi connectivity index (χ1v) is 10.1. The van der Waals surface area contributed by atoms with Gasteiger partial charge in [-0.2, -0.15) is 0 Å². The van der Waals surface area contributed by atoms with E-state index in [0.717, 1.165) is 54.5 Å².